The zero-order valence-corrected chi connectivity index (χ0v) is 17.1. The molecule has 1 saturated heterocycles. The number of aliphatic hydroxyl groups excluding tert-OH is 1. The Morgan fingerprint density at radius 3 is 2.33 bits per heavy atom. The topological polar surface area (TPSA) is 28.4 Å². The predicted molar refractivity (Wildman–Crippen MR) is 113 cm³/mol. The van der Waals surface area contributed by atoms with E-state index in [1.165, 1.54) is 68.2 Å². The molecule has 0 atom stereocenters. The van der Waals surface area contributed by atoms with Crippen molar-refractivity contribution >= 4 is 10.9 Å². The maximum Gasteiger partial charge on any atom is 0.0485 e. The van der Waals surface area contributed by atoms with E-state index >= 15 is 0 Å². The zero-order valence-electron chi connectivity index (χ0n) is 17.1. The lowest BCUT2D eigenvalue weighted by atomic mass is 9.79. The standard InChI is InChI=1S/C24H36N2O/c1-18(2)19-7-9-21(10-8-19)25-14-11-22(12-15-25)26-23(13-16-27)17-20-5-3-4-6-24(20)26/h3-6,17-19,21-22,27H,7-16H2,1-2H3/t19-,21+. The normalized spacial score (nSPS) is 25.5. The molecule has 2 fully saturated rings. The van der Waals surface area contributed by atoms with Crippen molar-refractivity contribution in [1.29, 1.82) is 0 Å². The van der Waals surface area contributed by atoms with Gasteiger partial charge in [-0.1, -0.05) is 32.0 Å². The third-order valence-electron chi connectivity index (χ3n) is 7.26. The van der Waals surface area contributed by atoms with Crippen molar-refractivity contribution in [2.75, 3.05) is 19.7 Å². The van der Waals surface area contributed by atoms with Crippen molar-refractivity contribution < 1.29 is 5.11 Å². The second-order valence-electron chi connectivity index (χ2n) is 9.12. The minimum atomic E-state index is 0.230. The Kier molecular flexibility index (Phi) is 5.89. The van der Waals surface area contributed by atoms with E-state index in [2.05, 4.69) is 53.6 Å². The molecule has 2 aliphatic rings. The number of likely N-dealkylation sites (tertiary alicyclic amines) is 1. The van der Waals surface area contributed by atoms with Gasteiger partial charge >= 0.3 is 0 Å². The average Bonchev–Trinajstić information content (AvgIpc) is 3.06. The van der Waals surface area contributed by atoms with E-state index in [0.717, 1.165) is 24.3 Å². The smallest absolute Gasteiger partial charge is 0.0485 e. The Balaban J connectivity index is 1.43. The van der Waals surface area contributed by atoms with Crippen molar-refractivity contribution in [3.05, 3.63) is 36.0 Å². The van der Waals surface area contributed by atoms with Crippen LogP contribution in [0.3, 0.4) is 0 Å². The number of hydrogen-bond donors (Lipinski definition) is 1. The Morgan fingerprint density at radius 2 is 1.67 bits per heavy atom. The molecular formula is C24H36N2O. The molecule has 1 N–H and O–H groups in total. The van der Waals surface area contributed by atoms with Gasteiger partial charge in [-0.2, -0.15) is 0 Å². The number of rotatable bonds is 5. The largest absolute Gasteiger partial charge is 0.396 e. The van der Waals surface area contributed by atoms with Crippen molar-refractivity contribution in [3.8, 4) is 0 Å². The molecule has 2 heterocycles. The molecule has 3 nitrogen and oxygen atoms in total. The fourth-order valence-corrected chi connectivity index (χ4v) is 5.61. The van der Waals surface area contributed by atoms with Gasteiger partial charge in [0.25, 0.3) is 0 Å². The minimum absolute atomic E-state index is 0.230. The van der Waals surface area contributed by atoms with Crippen molar-refractivity contribution in [1.82, 2.24) is 9.47 Å². The molecule has 1 aromatic heterocycles. The van der Waals surface area contributed by atoms with E-state index < -0.39 is 0 Å². The maximum atomic E-state index is 9.52. The predicted octanol–water partition coefficient (Wildman–Crippen LogP) is 5.03. The lowest BCUT2D eigenvalue weighted by Gasteiger charge is -2.42. The van der Waals surface area contributed by atoms with Gasteiger partial charge in [0.15, 0.2) is 0 Å². The molecular weight excluding hydrogens is 332 g/mol. The molecule has 27 heavy (non-hydrogen) atoms. The zero-order chi connectivity index (χ0) is 18.8. The molecule has 2 aromatic rings. The average molecular weight is 369 g/mol. The first kappa shape index (κ1) is 19.0. The quantitative estimate of drug-likeness (QED) is 0.802. The molecule has 1 saturated carbocycles. The van der Waals surface area contributed by atoms with Crippen LogP contribution in [-0.2, 0) is 6.42 Å². The molecule has 0 bridgehead atoms. The third-order valence-corrected chi connectivity index (χ3v) is 7.26. The molecule has 0 radical (unpaired) electrons. The summed E-state index contributed by atoms with van der Waals surface area (Å²) in [4.78, 5) is 2.78. The van der Waals surface area contributed by atoms with Gasteiger partial charge in [-0.15, -0.1) is 0 Å². The van der Waals surface area contributed by atoms with Gasteiger partial charge in [0.05, 0.1) is 0 Å². The molecule has 0 amide bonds. The molecule has 1 aromatic carbocycles. The number of piperidine rings is 1. The SMILES string of the molecule is CC(C)[C@H]1CC[C@@H](N2CCC(n3c(CCO)cc4ccccc43)CC2)CC1. The Bertz CT molecular complexity index is 734. The fraction of sp³-hybridized carbons (Fsp3) is 0.667. The highest BCUT2D eigenvalue weighted by atomic mass is 16.3. The molecule has 1 aliphatic carbocycles. The first-order valence-electron chi connectivity index (χ1n) is 11.1. The summed E-state index contributed by atoms with van der Waals surface area (Å²) in [6.45, 7) is 7.47. The van der Waals surface area contributed by atoms with E-state index in [1.807, 2.05) is 0 Å². The van der Waals surface area contributed by atoms with Crippen molar-refractivity contribution in [3.63, 3.8) is 0 Å². The van der Waals surface area contributed by atoms with Crippen LogP contribution in [0.2, 0.25) is 0 Å². The van der Waals surface area contributed by atoms with Crippen LogP contribution in [0.25, 0.3) is 10.9 Å². The number of para-hydroxylation sites is 1. The third kappa shape index (κ3) is 3.95. The van der Waals surface area contributed by atoms with Crippen LogP contribution in [0.15, 0.2) is 30.3 Å². The minimum Gasteiger partial charge on any atom is -0.396 e. The van der Waals surface area contributed by atoms with Crippen LogP contribution >= 0.6 is 0 Å². The van der Waals surface area contributed by atoms with Crippen LogP contribution in [0.4, 0.5) is 0 Å². The van der Waals surface area contributed by atoms with E-state index in [9.17, 15) is 5.11 Å². The maximum absolute atomic E-state index is 9.52. The summed E-state index contributed by atoms with van der Waals surface area (Å²) in [6, 6.07) is 12.4. The lowest BCUT2D eigenvalue weighted by molar-refractivity contribution is 0.0888. The van der Waals surface area contributed by atoms with Gasteiger partial charge in [-0.3, -0.25) is 0 Å². The van der Waals surface area contributed by atoms with Crippen LogP contribution in [0.1, 0.15) is 64.1 Å². The summed E-state index contributed by atoms with van der Waals surface area (Å²) in [6.07, 6.45) is 8.87. The molecule has 4 rings (SSSR count). The van der Waals surface area contributed by atoms with Crippen LogP contribution in [-0.4, -0.2) is 40.3 Å². The summed E-state index contributed by atoms with van der Waals surface area (Å²) >= 11 is 0. The summed E-state index contributed by atoms with van der Waals surface area (Å²) in [7, 11) is 0. The number of nitrogens with zero attached hydrogens (tertiary/aromatic N) is 2. The van der Waals surface area contributed by atoms with Gasteiger partial charge in [-0.25, -0.2) is 0 Å². The van der Waals surface area contributed by atoms with Crippen LogP contribution in [0, 0.1) is 11.8 Å². The second kappa shape index (κ2) is 8.36. The fourth-order valence-electron chi connectivity index (χ4n) is 5.61. The Labute approximate surface area is 164 Å². The number of benzene rings is 1. The van der Waals surface area contributed by atoms with Gasteiger partial charge < -0.3 is 14.6 Å². The summed E-state index contributed by atoms with van der Waals surface area (Å²) in [5.74, 6) is 1.80. The first-order valence-corrected chi connectivity index (χ1v) is 11.1. The molecule has 0 unspecified atom stereocenters. The van der Waals surface area contributed by atoms with Crippen molar-refractivity contribution in [2.45, 2.75) is 70.9 Å². The number of hydrogen-bond acceptors (Lipinski definition) is 2. The second-order valence-corrected chi connectivity index (χ2v) is 9.12. The lowest BCUT2D eigenvalue weighted by Crippen LogP contribution is -2.44. The van der Waals surface area contributed by atoms with Crippen molar-refractivity contribution in [2.24, 2.45) is 11.8 Å². The molecule has 0 spiro atoms. The van der Waals surface area contributed by atoms with Gasteiger partial charge in [-0.05, 0) is 67.9 Å². The summed E-state index contributed by atoms with van der Waals surface area (Å²) in [5, 5.41) is 10.8. The highest BCUT2D eigenvalue weighted by Gasteiger charge is 2.31. The van der Waals surface area contributed by atoms with E-state index in [-0.39, 0.29) is 6.61 Å². The van der Waals surface area contributed by atoms with Gasteiger partial charge in [0.1, 0.15) is 0 Å². The summed E-state index contributed by atoms with van der Waals surface area (Å²) in [5.41, 5.74) is 2.64. The Morgan fingerprint density at radius 1 is 0.963 bits per heavy atom. The van der Waals surface area contributed by atoms with E-state index in [0.29, 0.717) is 6.04 Å². The number of aromatic nitrogens is 1. The van der Waals surface area contributed by atoms with E-state index in [4.69, 9.17) is 0 Å². The molecule has 3 heteroatoms. The highest BCUT2D eigenvalue weighted by Crippen LogP contribution is 2.36. The van der Waals surface area contributed by atoms with E-state index in [1.54, 1.807) is 0 Å². The van der Waals surface area contributed by atoms with Crippen LogP contribution in [0.5, 0.6) is 0 Å². The highest BCUT2D eigenvalue weighted by molar-refractivity contribution is 5.81. The number of fused-ring (bicyclic) bond motifs is 1. The molecule has 1 aliphatic heterocycles. The number of aliphatic hydroxyl groups is 1. The molecule has 148 valence electrons. The van der Waals surface area contributed by atoms with Gasteiger partial charge in [0, 0.05) is 49.4 Å². The Hall–Kier alpha value is -1.32. The monoisotopic (exact) mass is 368 g/mol. The first-order chi connectivity index (χ1) is 13.2. The summed E-state index contributed by atoms with van der Waals surface area (Å²) < 4.78 is 2.54. The van der Waals surface area contributed by atoms with Gasteiger partial charge in [0.2, 0.25) is 0 Å². The van der Waals surface area contributed by atoms with Crippen LogP contribution < -0.4 is 0 Å².